The highest BCUT2D eigenvalue weighted by atomic mass is 79.9. The Morgan fingerprint density at radius 3 is 2.48 bits per heavy atom. The molecular formula is C18H18BrClFNO3. The molecule has 0 heterocycles. The molecule has 1 amide bonds. The summed E-state index contributed by atoms with van der Waals surface area (Å²) in [4.78, 5) is 12.1. The first-order valence-electron chi connectivity index (χ1n) is 7.64. The van der Waals surface area contributed by atoms with Crippen LogP contribution in [0.5, 0.6) is 0 Å². The minimum absolute atomic E-state index is 0.0768. The van der Waals surface area contributed by atoms with Crippen LogP contribution >= 0.6 is 27.5 Å². The van der Waals surface area contributed by atoms with Crippen LogP contribution in [0.1, 0.15) is 24.2 Å². The van der Waals surface area contributed by atoms with E-state index in [1.54, 1.807) is 31.2 Å². The van der Waals surface area contributed by atoms with Gasteiger partial charge in [-0.05, 0) is 36.8 Å². The number of hydrogen-bond acceptors (Lipinski definition) is 3. The Labute approximate surface area is 158 Å². The number of rotatable bonds is 6. The maximum Gasteiger partial charge on any atom is 0.249 e. The van der Waals surface area contributed by atoms with E-state index >= 15 is 0 Å². The first-order valence-corrected chi connectivity index (χ1v) is 8.81. The molecule has 2 rings (SSSR count). The highest BCUT2D eigenvalue weighted by molar-refractivity contribution is 9.10. The summed E-state index contributed by atoms with van der Waals surface area (Å²) in [5.41, 5.74) is 0.704. The molecule has 3 N–H and O–H groups in total. The Kier molecular flexibility index (Phi) is 6.95. The van der Waals surface area contributed by atoms with E-state index in [1.807, 2.05) is 0 Å². The zero-order valence-corrected chi connectivity index (χ0v) is 15.8. The maximum atomic E-state index is 13.7. The molecule has 0 aliphatic heterocycles. The summed E-state index contributed by atoms with van der Waals surface area (Å²) >= 11 is 9.21. The molecule has 4 nitrogen and oxygen atoms in total. The molecular weight excluding hydrogens is 413 g/mol. The van der Waals surface area contributed by atoms with Crippen molar-refractivity contribution in [3.8, 4) is 0 Å². The standard InChI is InChI=1S/C18H18BrClFNO3/c1-10(17(24)11-5-7-12(19)8-6-11)22-18(25)16(23)9-13-14(20)3-2-4-15(13)21/h2-8,10,16-17,23-24H,9H2,1H3,(H,22,25). The highest BCUT2D eigenvalue weighted by Crippen LogP contribution is 2.22. The Morgan fingerprint density at radius 1 is 1.24 bits per heavy atom. The summed E-state index contributed by atoms with van der Waals surface area (Å²) in [5, 5.41) is 23.0. The number of amides is 1. The molecule has 0 aliphatic rings. The summed E-state index contributed by atoms with van der Waals surface area (Å²) in [5.74, 6) is -1.29. The van der Waals surface area contributed by atoms with Crippen molar-refractivity contribution in [1.82, 2.24) is 5.32 Å². The van der Waals surface area contributed by atoms with Crippen LogP contribution in [0.2, 0.25) is 5.02 Å². The SMILES string of the molecule is CC(NC(=O)C(O)Cc1c(F)cccc1Cl)C(O)c1ccc(Br)cc1. The Balaban J connectivity index is 1.99. The average molecular weight is 431 g/mol. The molecule has 0 aliphatic carbocycles. The van der Waals surface area contributed by atoms with Crippen LogP contribution in [-0.2, 0) is 11.2 Å². The number of hydrogen-bond donors (Lipinski definition) is 3. The van der Waals surface area contributed by atoms with E-state index in [0.717, 1.165) is 4.47 Å². The number of benzene rings is 2. The van der Waals surface area contributed by atoms with Gasteiger partial charge in [0.05, 0.1) is 12.1 Å². The molecule has 2 aromatic carbocycles. The lowest BCUT2D eigenvalue weighted by molar-refractivity contribution is -0.130. The molecule has 0 aromatic heterocycles. The second-order valence-electron chi connectivity index (χ2n) is 5.71. The van der Waals surface area contributed by atoms with Crippen LogP contribution in [0.15, 0.2) is 46.9 Å². The van der Waals surface area contributed by atoms with Crippen LogP contribution in [0, 0.1) is 5.82 Å². The van der Waals surface area contributed by atoms with Gasteiger partial charge in [0.1, 0.15) is 11.9 Å². The van der Waals surface area contributed by atoms with Crippen LogP contribution in [0.3, 0.4) is 0 Å². The van der Waals surface area contributed by atoms with E-state index in [2.05, 4.69) is 21.2 Å². The van der Waals surface area contributed by atoms with Crippen LogP contribution < -0.4 is 5.32 Å². The molecule has 7 heteroatoms. The summed E-state index contributed by atoms with van der Waals surface area (Å²) in [6.07, 6.45) is -2.67. The van der Waals surface area contributed by atoms with E-state index in [-0.39, 0.29) is 17.0 Å². The fraction of sp³-hybridized carbons (Fsp3) is 0.278. The molecule has 0 fully saturated rings. The third-order valence-electron chi connectivity index (χ3n) is 3.82. The average Bonchev–Trinajstić information content (AvgIpc) is 2.58. The van der Waals surface area contributed by atoms with Gasteiger partial charge >= 0.3 is 0 Å². The second kappa shape index (κ2) is 8.76. The van der Waals surface area contributed by atoms with Gasteiger partial charge in [-0.15, -0.1) is 0 Å². The minimum atomic E-state index is -1.48. The third kappa shape index (κ3) is 5.25. The number of carbonyl (C=O) groups is 1. The van der Waals surface area contributed by atoms with Crippen LogP contribution in [0.25, 0.3) is 0 Å². The zero-order chi connectivity index (χ0) is 18.6. The first kappa shape index (κ1) is 19.8. The fourth-order valence-corrected chi connectivity index (χ4v) is 2.87. The van der Waals surface area contributed by atoms with Gasteiger partial charge in [-0.3, -0.25) is 4.79 Å². The second-order valence-corrected chi connectivity index (χ2v) is 7.04. The van der Waals surface area contributed by atoms with Gasteiger partial charge in [-0.1, -0.05) is 45.7 Å². The highest BCUT2D eigenvalue weighted by Gasteiger charge is 2.24. The van der Waals surface area contributed by atoms with Gasteiger partial charge < -0.3 is 15.5 Å². The molecule has 2 aromatic rings. The molecule has 3 unspecified atom stereocenters. The van der Waals surface area contributed by atoms with Gasteiger partial charge in [-0.25, -0.2) is 4.39 Å². The number of halogens is 3. The van der Waals surface area contributed by atoms with Crippen molar-refractivity contribution >= 4 is 33.4 Å². The van der Waals surface area contributed by atoms with E-state index in [1.165, 1.54) is 18.2 Å². The van der Waals surface area contributed by atoms with Crippen molar-refractivity contribution < 1.29 is 19.4 Å². The lowest BCUT2D eigenvalue weighted by Crippen LogP contribution is -2.43. The lowest BCUT2D eigenvalue weighted by Gasteiger charge is -2.22. The summed E-state index contributed by atoms with van der Waals surface area (Å²) in [6.45, 7) is 1.62. The Morgan fingerprint density at radius 2 is 1.88 bits per heavy atom. The van der Waals surface area contributed by atoms with Crippen LogP contribution in [-0.4, -0.2) is 28.3 Å². The summed E-state index contributed by atoms with van der Waals surface area (Å²) in [6, 6.07) is 10.5. The Hall–Kier alpha value is -1.47. The van der Waals surface area contributed by atoms with Gasteiger partial charge in [0.25, 0.3) is 0 Å². The first-order chi connectivity index (χ1) is 11.8. The van der Waals surface area contributed by atoms with Crippen molar-refractivity contribution in [1.29, 1.82) is 0 Å². The van der Waals surface area contributed by atoms with E-state index in [9.17, 15) is 19.4 Å². The van der Waals surface area contributed by atoms with E-state index in [0.29, 0.717) is 5.56 Å². The van der Waals surface area contributed by atoms with Crippen molar-refractivity contribution in [2.75, 3.05) is 0 Å². The van der Waals surface area contributed by atoms with Gasteiger partial charge in [-0.2, -0.15) is 0 Å². The van der Waals surface area contributed by atoms with Crippen LogP contribution in [0.4, 0.5) is 4.39 Å². The molecule has 0 bridgehead atoms. The van der Waals surface area contributed by atoms with Gasteiger partial charge in [0, 0.05) is 21.5 Å². The quantitative estimate of drug-likeness (QED) is 0.658. The van der Waals surface area contributed by atoms with Crippen molar-refractivity contribution in [3.63, 3.8) is 0 Å². The van der Waals surface area contributed by atoms with Gasteiger partial charge in [0.2, 0.25) is 5.91 Å². The van der Waals surface area contributed by atoms with Crippen molar-refractivity contribution in [3.05, 3.63) is 68.9 Å². The van der Waals surface area contributed by atoms with E-state index in [4.69, 9.17) is 11.6 Å². The summed E-state index contributed by atoms with van der Waals surface area (Å²) < 4.78 is 14.6. The number of aliphatic hydroxyl groups excluding tert-OH is 2. The predicted octanol–water partition coefficient (Wildman–Crippen LogP) is 3.38. The monoisotopic (exact) mass is 429 g/mol. The molecule has 0 radical (unpaired) electrons. The van der Waals surface area contributed by atoms with Gasteiger partial charge in [0.15, 0.2) is 0 Å². The topological polar surface area (TPSA) is 69.6 Å². The Bertz CT molecular complexity index is 721. The number of carbonyl (C=O) groups excluding carboxylic acids is 1. The molecule has 3 atom stereocenters. The molecule has 25 heavy (non-hydrogen) atoms. The zero-order valence-electron chi connectivity index (χ0n) is 13.4. The lowest BCUT2D eigenvalue weighted by atomic mass is 10.0. The molecule has 0 saturated carbocycles. The van der Waals surface area contributed by atoms with Crippen molar-refractivity contribution in [2.45, 2.75) is 31.6 Å². The third-order valence-corrected chi connectivity index (χ3v) is 4.70. The molecule has 0 saturated heterocycles. The molecule has 134 valence electrons. The van der Waals surface area contributed by atoms with Crippen molar-refractivity contribution in [2.24, 2.45) is 0 Å². The number of nitrogens with one attached hydrogen (secondary N) is 1. The van der Waals surface area contributed by atoms with E-state index < -0.39 is 30.0 Å². The summed E-state index contributed by atoms with van der Waals surface area (Å²) in [7, 11) is 0. The molecule has 0 spiro atoms. The smallest absolute Gasteiger partial charge is 0.249 e. The predicted molar refractivity (Wildman–Crippen MR) is 97.8 cm³/mol. The number of aliphatic hydroxyl groups is 2. The minimum Gasteiger partial charge on any atom is -0.386 e. The fourth-order valence-electron chi connectivity index (χ4n) is 2.36. The normalized spacial score (nSPS) is 14.6. The largest absolute Gasteiger partial charge is 0.386 e. The maximum absolute atomic E-state index is 13.7.